The molecule has 9 nitrogen and oxygen atoms in total. The Kier molecular flexibility index (Phi) is 5.52. The Morgan fingerprint density at radius 3 is 2.54 bits per heavy atom. The molecule has 35 heavy (non-hydrogen) atoms. The molecule has 1 aromatic heterocycles. The second-order valence-corrected chi connectivity index (χ2v) is 8.49. The fraction of sp³-hybridized carbons (Fsp3) is 0.192. The van der Waals surface area contributed by atoms with Crippen LogP contribution in [0, 0.1) is 20.8 Å². The van der Waals surface area contributed by atoms with Crippen molar-refractivity contribution in [3.8, 4) is 17.2 Å². The average Bonchev–Trinajstić information content (AvgIpc) is 3.48. The number of aromatic nitrogens is 1. The van der Waals surface area contributed by atoms with Crippen LogP contribution < -0.4 is 20.1 Å². The van der Waals surface area contributed by atoms with Gasteiger partial charge in [-0.25, -0.2) is 9.69 Å². The van der Waals surface area contributed by atoms with Crippen LogP contribution in [0.15, 0.2) is 54.2 Å². The topological polar surface area (TPSA) is 102 Å². The predicted molar refractivity (Wildman–Crippen MR) is 129 cm³/mol. The lowest BCUT2D eigenvalue weighted by Gasteiger charge is -2.12. The molecule has 3 aromatic rings. The van der Waals surface area contributed by atoms with Gasteiger partial charge in [0.25, 0.3) is 5.91 Å². The van der Waals surface area contributed by atoms with Crippen molar-refractivity contribution in [2.24, 2.45) is 0 Å². The number of imide groups is 1. The molecule has 0 bridgehead atoms. The van der Waals surface area contributed by atoms with E-state index in [1.165, 1.54) is 0 Å². The molecule has 2 aliphatic heterocycles. The highest BCUT2D eigenvalue weighted by atomic mass is 16.7. The number of nitrogens with zero attached hydrogens (tertiary/aromatic N) is 2. The molecule has 0 radical (unpaired) electrons. The standard InChI is InChI=1S/C26H24N4O5/c1-15-4-6-19(7-5-15)27-24(31)13-29-25(32)21(28-26(29)33)11-18-10-16(2)30(17(18)3)20-8-9-22-23(12-20)35-14-34-22/h4-12H,13-14H2,1-3H3,(H,27,31)(H,28,33)/b21-11-. The van der Waals surface area contributed by atoms with Gasteiger partial charge in [-0.2, -0.15) is 0 Å². The Balaban J connectivity index is 1.34. The van der Waals surface area contributed by atoms with E-state index in [4.69, 9.17) is 9.47 Å². The van der Waals surface area contributed by atoms with Crippen LogP contribution in [0.2, 0.25) is 0 Å². The molecule has 2 N–H and O–H groups in total. The van der Waals surface area contributed by atoms with Crippen LogP contribution in [-0.4, -0.2) is 40.7 Å². The number of rotatable bonds is 5. The molecule has 9 heteroatoms. The van der Waals surface area contributed by atoms with E-state index in [2.05, 4.69) is 10.6 Å². The predicted octanol–water partition coefficient (Wildman–Crippen LogP) is 3.66. The van der Waals surface area contributed by atoms with Crippen molar-refractivity contribution >= 4 is 29.6 Å². The third kappa shape index (κ3) is 4.23. The van der Waals surface area contributed by atoms with Crippen LogP contribution >= 0.6 is 0 Å². The second kappa shape index (κ2) is 8.68. The first-order valence-corrected chi connectivity index (χ1v) is 11.1. The summed E-state index contributed by atoms with van der Waals surface area (Å²) < 4.78 is 12.9. The SMILES string of the molecule is Cc1ccc(NC(=O)CN2C(=O)N/C(=C\c3cc(C)n(-c4ccc5c(c4)OCO5)c3C)C2=O)cc1. The molecule has 2 aromatic carbocycles. The van der Waals surface area contributed by atoms with E-state index >= 15 is 0 Å². The van der Waals surface area contributed by atoms with Gasteiger partial charge in [0.05, 0.1) is 0 Å². The Bertz CT molecular complexity index is 1390. The molecular formula is C26H24N4O5. The molecule has 0 aliphatic carbocycles. The molecule has 4 amide bonds. The van der Waals surface area contributed by atoms with E-state index in [0.29, 0.717) is 17.2 Å². The summed E-state index contributed by atoms with van der Waals surface area (Å²) in [5.74, 6) is 0.360. The summed E-state index contributed by atoms with van der Waals surface area (Å²) in [7, 11) is 0. The number of hydrogen-bond acceptors (Lipinski definition) is 5. The maximum atomic E-state index is 12.9. The lowest BCUT2D eigenvalue weighted by molar-refractivity contribution is -0.127. The van der Waals surface area contributed by atoms with E-state index in [9.17, 15) is 14.4 Å². The van der Waals surface area contributed by atoms with Gasteiger partial charge in [0.15, 0.2) is 11.5 Å². The molecule has 2 aliphatic rings. The summed E-state index contributed by atoms with van der Waals surface area (Å²) in [6.07, 6.45) is 1.63. The van der Waals surface area contributed by atoms with Crippen molar-refractivity contribution in [2.45, 2.75) is 20.8 Å². The smallest absolute Gasteiger partial charge is 0.329 e. The van der Waals surface area contributed by atoms with Crippen molar-refractivity contribution in [1.82, 2.24) is 14.8 Å². The van der Waals surface area contributed by atoms with Gasteiger partial charge >= 0.3 is 6.03 Å². The van der Waals surface area contributed by atoms with E-state index < -0.39 is 17.8 Å². The van der Waals surface area contributed by atoms with E-state index in [1.54, 1.807) is 18.2 Å². The first-order valence-electron chi connectivity index (χ1n) is 11.1. The Hall–Kier alpha value is -4.53. The van der Waals surface area contributed by atoms with Gasteiger partial charge in [-0.05, 0) is 62.7 Å². The third-order valence-corrected chi connectivity index (χ3v) is 5.98. The number of hydrogen-bond donors (Lipinski definition) is 2. The summed E-state index contributed by atoms with van der Waals surface area (Å²) in [6, 6.07) is 14.2. The average molecular weight is 473 g/mol. The lowest BCUT2D eigenvalue weighted by Crippen LogP contribution is -2.38. The van der Waals surface area contributed by atoms with Crippen molar-refractivity contribution < 1.29 is 23.9 Å². The lowest BCUT2D eigenvalue weighted by atomic mass is 10.2. The largest absolute Gasteiger partial charge is 0.454 e. The number of fused-ring (bicyclic) bond motifs is 1. The van der Waals surface area contributed by atoms with Crippen LogP contribution in [0.4, 0.5) is 10.5 Å². The minimum atomic E-state index is -0.634. The molecule has 0 unspecified atom stereocenters. The second-order valence-electron chi connectivity index (χ2n) is 8.49. The molecule has 5 rings (SSSR count). The molecule has 0 saturated carbocycles. The summed E-state index contributed by atoms with van der Waals surface area (Å²) >= 11 is 0. The highest BCUT2D eigenvalue weighted by Crippen LogP contribution is 2.35. The summed E-state index contributed by atoms with van der Waals surface area (Å²) in [6.45, 7) is 5.64. The van der Waals surface area contributed by atoms with E-state index in [0.717, 1.165) is 33.1 Å². The van der Waals surface area contributed by atoms with Crippen LogP contribution in [0.3, 0.4) is 0 Å². The number of amides is 4. The minimum Gasteiger partial charge on any atom is -0.454 e. The summed E-state index contributed by atoms with van der Waals surface area (Å²) in [4.78, 5) is 38.7. The maximum Gasteiger partial charge on any atom is 0.329 e. The maximum absolute atomic E-state index is 12.9. The van der Waals surface area contributed by atoms with Crippen molar-refractivity contribution in [3.63, 3.8) is 0 Å². The minimum absolute atomic E-state index is 0.115. The zero-order chi connectivity index (χ0) is 24.7. The van der Waals surface area contributed by atoms with Gasteiger partial charge in [0.1, 0.15) is 12.2 Å². The van der Waals surface area contributed by atoms with Crippen LogP contribution in [0.1, 0.15) is 22.5 Å². The third-order valence-electron chi connectivity index (χ3n) is 5.98. The molecule has 178 valence electrons. The van der Waals surface area contributed by atoms with Crippen molar-refractivity contribution in [1.29, 1.82) is 0 Å². The first kappa shape index (κ1) is 22.3. The van der Waals surface area contributed by atoms with Gasteiger partial charge in [-0.3, -0.25) is 9.59 Å². The molecule has 0 atom stereocenters. The summed E-state index contributed by atoms with van der Waals surface area (Å²) in [5, 5.41) is 5.28. The number of benzene rings is 2. The number of ether oxygens (including phenoxy) is 2. The van der Waals surface area contributed by atoms with Gasteiger partial charge < -0.3 is 24.7 Å². The highest BCUT2D eigenvalue weighted by Gasteiger charge is 2.35. The number of nitrogens with one attached hydrogen (secondary N) is 2. The zero-order valence-corrected chi connectivity index (χ0v) is 19.5. The Morgan fingerprint density at radius 1 is 1.03 bits per heavy atom. The van der Waals surface area contributed by atoms with E-state index in [-0.39, 0.29) is 19.0 Å². The quantitative estimate of drug-likeness (QED) is 0.436. The van der Waals surface area contributed by atoms with E-state index in [1.807, 2.05) is 61.7 Å². The van der Waals surface area contributed by atoms with Gasteiger partial charge in [-0.1, -0.05) is 17.7 Å². The first-order chi connectivity index (χ1) is 16.8. The zero-order valence-electron chi connectivity index (χ0n) is 19.5. The van der Waals surface area contributed by atoms with Crippen LogP contribution in [-0.2, 0) is 9.59 Å². The number of carbonyl (C=O) groups excluding carboxylic acids is 3. The van der Waals surface area contributed by atoms with Gasteiger partial charge in [0.2, 0.25) is 12.7 Å². The monoisotopic (exact) mass is 472 g/mol. The van der Waals surface area contributed by atoms with Gasteiger partial charge in [0, 0.05) is 28.8 Å². The fourth-order valence-electron chi connectivity index (χ4n) is 4.21. The van der Waals surface area contributed by atoms with Crippen molar-refractivity contribution in [3.05, 3.63) is 76.7 Å². The summed E-state index contributed by atoms with van der Waals surface area (Å²) in [5.41, 5.74) is 5.26. The molecule has 1 saturated heterocycles. The number of carbonyl (C=O) groups is 3. The molecule has 1 fully saturated rings. The molecule has 3 heterocycles. The van der Waals surface area contributed by atoms with Crippen molar-refractivity contribution in [2.75, 3.05) is 18.7 Å². The highest BCUT2D eigenvalue weighted by molar-refractivity contribution is 6.16. The normalized spacial score (nSPS) is 15.6. The molecular weight excluding hydrogens is 448 g/mol. The van der Waals surface area contributed by atoms with Crippen LogP contribution in [0.25, 0.3) is 11.8 Å². The Morgan fingerprint density at radius 2 is 1.77 bits per heavy atom. The number of aryl methyl sites for hydroxylation is 2. The number of anilines is 1. The molecule has 0 spiro atoms. The fourth-order valence-corrected chi connectivity index (χ4v) is 4.21. The van der Waals surface area contributed by atoms with Gasteiger partial charge in [-0.15, -0.1) is 0 Å². The number of urea groups is 1. The van der Waals surface area contributed by atoms with Crippen LogP contribution in [0.5, 0.6) is 11.5 Å². The Labute approximate surface area is 201 Å².